The minimum absolute atomic E-state index is 0.207. The summed E-state index contributed by atoms with van der Waals surface area (Å²) in [4.78, 5) is 2.35. The van der Waals surface area contributed by atoms with Gasteiger partial charge in [-0.05, 0) is 32.2 Å². The van der Waals surface area contributed by atoms with Crippen LogP contribution in [-0.2, 0) is 9.47 Å². The van der Waals surface area contributed by atoms with Crippen LogP contribution in [0.25, 0.3) is 0 Å². The zero-order valence-electron chi connectivity index (χ0n) is 9.94. The van der Waals surface area contributed by atoms with Crippen LogP contribution in [0.3, 0.4) is 0 Å². The van der Waals surface area contributed by atoms with Crippen molar-refractivity contribution in [2.24, 2.45) is 0 Å². The third kappa shape index (κ3) is 3.42. The molecule has 2 atom stereocenters. The number of nitrogens with zero attached hydrogens (tertiary/aromatic N) is 1. The van der Waals surface area contributed by atoms with E-state index in [9.17, 15) is 5.11 Å². The number of aliphatic hydroxyl groups is 1. The molecule has 2 unspecified atom stereocenters. The molecule has 0 spiro atoms. The van der Waals surface area contributed by atoms with E-state index in [1.54, 1.807) is 0 Å². The van der Waals surface area contributed by atoms with E-state index in [0.717, 1.165) is 32.7 Å². The molecule has 0 amide bonds. The largest absolute Gasteiger partial charge is 0.395 e. The van der Waals surface area contributed by atoms with Crippen LogP contribution < -0.4 is 0 Å². The summed E-state index contributed by atoms with van der Waals surface area (Å²) in [6.07, 6.45) is 5.28. The minimum Gasteiger partial charge on any atom is -0.395 e. The highest BCUT2D eigenvalue weighted by molar-refractivity contribution is 4.75. The number of rotatable bonds is 5. The van der Waals surface area contributed by atoms with Gasteiger partial charge in [0.15, 0.2) is 0 Å². The van der Waals surface area contributed by atoms with Crippen LogP contribution in [0.5, 0.6) is 0 Å². The van der Waals surface area contributed by atoms with Gasteiger partial charge in [-0.2, -0.15) is 0 Å². The van der Waals surface area contributed by atoms with Gasteiger partial charge in [-0.3, -0.25) is 4.90 Å². The normalized spacial score (nSPS) is 32.1. The van der Waals surface area contributed by atoms with Crippen LogP contribution in [0, 0.1) is 0 Å². The Morgan fingerprint density at radius 1 is 1.31 bits per heavy atom. The Morgan fingerprint density at radius 3 is 3.00 bits per heavy atom. The molecule has 0 aromatic rings. The monoisotopic (exact) mass is 229 g/mol. The standard InChI is InChI=1S/C12H23NO3/c14-9-11-10-15-8-6-13(11)5-1-3-12-4-2-7-16-12/h11-12,14H,1-10H2. The molecular weight excluding hydrogens is 206 g/mol. The molecule has 94 valence electrons. The maximum atomic E-state index is 9.23. The van der Waals surface area contributed by atoms with Crippen LogP contribution in [0.1, 0.15) is 25.7 Å². The number of morpholine rings is 1. The Hall–Kier alpha value is -0.160. The highest BCUT2D eigenvalue weighted by Crippen LogP contribution is 2.17. The molecule has 2 heterocycles. The quantitative estimate of drug-likeness (QED) is 0.751. The average molecular weight is 229 g/mol. The molecule has 0 bridgehead atoms. The van der Waals surface area contributed by atoms with Gasteiger partial charge in [-0.25, -0.2) is 0 Å². The maximum absolute atomic E-state index is 9.23. The summed E-state index contributed by atoms with van der Waals surface area (Å²) < 4.78 is 11.0. The summed E-state index contributed by atoms with van der Waals surface area (Å²) in [5.41, 5.74) is 0. The third-order valence-electron chi connectivity index (χ3n) is 3.56. The lowest BCUT2D eigenvalue weighted by atomic mass is 10.1. The summed E-state index contributed by atoms with van der Waals surface area (Å²) in [7, 11) is 0. The van der Waals surface area contributed by atoms with Crippen LogP contribution in [0.15, 0.2) is 0 Å². The van der Waals surface area contributed by atoms with Gasteiger partial charge in [0, 0.05) is 13.2 Å². The molecule has 0 aromatic heterocycles. The number of hydrogen-bond acceptors (Lipinski definition) is 4. The van der Waals surface area contributed by atoms with Crippen LogP contribution in [-0.4, -0.2) is 61.7 Å². The molecule has 2 saturated heterocycles. The first-order chi connectivity index (χ1) is 7.90. The fourth-order valence-electron chi connectivity index (χ4n) is 2.55. The third-order valence-corrected chi connectivity index (χ3v) is 3.56. The lowest BCUT2D eigenvalue weighted by molar-refractivity contribution is -0.0291. The Labute approximate surface area is 97.5 Å². The van der Waals surface area contributed by atoms with Gasteiger partial charge < -0.3 is 14.6 Å². The molecule has 2 aliphatic heterocycles. The highest BCUT2D eigenvalue weighted by atomic mass is 16.5. The Morgan fingerprint density at radius 2 is 2.25 bits per heavy atom. The molecular formula is C12H23NO3. The highest BCUT2D eigenvalue weighted by Gasteiger charge is 2.22. The molecule has 0 saturated carbocycles. The fraction of sp³-hybridized carbons (Fsp3) is 1.00. The Balaban J connectivity index is 1.63. The first-order valence-corrected chi connectivity index (χ1v) is 6.44. The van der Waals surface area contributed by atoms with Gasteiger partial charge in [-0.1, -0.05) is 0 Å². The van der Waals surface area contributed by atoms with E-state index >= 15 is 0 Å². The zero-order chi connectivity index (χ0) is 11.2. The van der Waals surface area contributed by atoms with Crippen molar-refractivity contribution in [1.82, 2.24) is 4.90 Å². The molecule has 0 radical (unpaired) electrons. The van der Waals surface area contributed by atoms with E-state index in [1.807, 2.05) is 0 Å². The lowest BCUT2D eigenvalue weighted by Gasteiger charge is -2.34. The molecule has 16 heavy (non-hydrogen) atoms. The summed E-state index contributed by atoms with van der Waals surface area (Å²) in [6.45, 7) is 4.65. The molecule has 2 aliphatic rings. The van der Waals surface area contributed by atoms with Crippen LogP contribution in [0.2, 0.25) is 0 Å². The van der Waals surface area contributed by atoms with Gasteiger partial charge in [0.1, 0.15) is 0 Å². The minimum atomic E-state index is 0.207. The second-order valence-electron chi connectivity index (χ2n) is 4.72. The molecule has 2 rings (SSSR count). The van der Waals surface area contributed by atoms with E-state index < -0.39 is 0 Å². The van der Waals surface area contributed by atoms with E-state index in [4.69, 9.17) is 9.47 Å². The van der Waals surface area contributed by atoms with Crippen molar-refractivity contribution in [3.63, 3.8) is 0 Å². The number of aliphatic hydroxyl groups excluding tert-OH is 1. The smallest absolute Gasteiger partial charge is 0.0644 e. The second-order valence-corrected chi connectivity index (χ2v) is 4.72. The summed E-state index contributed by atoms with van der Waals surface area (Å²) >= 11 is 0. The van der Waals surface area contributed by atoms with Crippen LogP contribution >= 0.6 is 0 Å². The van der Waals surface area contributed by atoms with E-state index in [2.05, 4.69) is 4.90 Å². The number of ether oxygens (including phenoxy) is 2. The SMILES string of the molecule is OCC1COCCN1CCCC1CCCO1. The lowest BCUT2D eigenvalue weighted by Crippen LogP contribution is -2.47. The summed E-state index contributed by atoms with van der Waals surface area (Å²) in [5.74, 6) is 0. The molecule has 1 N–H and O–H groups in total. The van der Waals surface area contributed by atoms with Crippen LogP contribution in [0.4, 0.5) is 0 Å². The predicted octanol–water partition coefficient (Wildman–Crippen LogP) is 0.639. The van der Waals surface area contributed by atoms with E-state index in [-0.39, 0.29) is 12.6 Å². The Bertz CT molecular complexity index is 195. The molecule has 0 aliphatic carbocycles. The number of hydrogen-bond donors (Lipinski definition) is 1. The van der Waals surface area contributed by atoms with Gasteiger partial charge in [0.2, 0.25) is 0 Å². The summed E-state index contributed by atoms with van der Waals surface area (Å²) in [5, 5.41) is 9.23. The van der Waals surface area contributed by atoms with Crippen molar-refractivity contribution in [1.29, 1.82) is 0 Å². The Kier molecular flexibility index (Phi) is 5.03. The predicted molar refractivity (Wildman–Crippen MR) is 61.5 cm³/mol. The van der Waals surface area contributed by atoms with Crippen molar-refractivity contribution in [2.75, 3.05) is 39.5 Å². The van der Waals surface area contributed by atoms with E-state index in [1.165, 1.54) is 19.3 Å². The fourth-order valence-corrected chi connectivity index (χ4v) is 2.55. The van der Waals surface area contributed by atoms with Crippen molar-refractivity contribution in [2.45, 2.75) is 37.8 Å². The molecule has 4 heteroatoms. The van der Waals surface area contributed by atoms with Gasteiger partial charge in [-0.15, -0.1) is 0 Å². The van der Waals surface area contributed by atoms with Gasteiger partial charge in [0.05, 0.1) is 32.0 Å². The zero-order valence-corrected chi connectivity index (χ0v) is 9.94. The van der Waals surface area contributed by atoms with Gasteiger partial charge in [0.25, 0.3) is 0 Å². The van der Waals surface area contributed by atoms with Crippen molar-refractivity contribution in [3.05, 3.63) is 0 Å². The van der Waals surface area contributed by atoms with Gasteiger partial charge >= 0.3 is 0 Å². The first-order valence-electron chi connectivity index (χ1n) is 6.44. The molecule has 2 fully saturated rings. The second kappa shape index (κ2) is 6.55. The van der Waals surface area contributed by atoms with Crippen molar-refractivity contribution < 1.29 is 14.6 Å². The van der Waals surface area contributed by atoms with Crippen molar-refractivity contribution >= 4 is 0 Å². The molecule has 0 aromatic carbocycles. The average Bonchev–Trinajstić information content (AvgIpc) is 2.83. The maximum Gasteiger partial charge on any atom is 0.0644 e. The molecule has 4 nitrogen and oxygen atoms in total. The van der Waals surface area contributed by atoms with E-state index in [0.29, 0.717) is 12.7 Å². The topological polar surface area (TPSA) is 41.9 Å². The van der Waals surface area contributed by atoms with Crippen molar-refractivity contribution in [3.8, 4) is 0 Å². The summed E-state index contributed by atoms with van der Waals surface area (Å²) in [6, 6.07) is 0.207. The first kappa shape index (κ1) is 12.3.